The lowest BCUT2D eigenvalue weighted by Gasteiger charge is -2.32. The molecule has 2 heteroatoms. The van der Waals surface area contributed by atoms with Crippen LogP contribution < -0.4 is 5.32 Å². The van der Waals surface area contributed by atoms with Crippen molar-refractivity contribution in [3.05, 3.63) is 34.9 Å². The molecule has 100 valence electrons. The molecule has 1 aliphatic heterocycles. The molecule has 0 spiro atoms. The molecule has 1 aromatic rings. The Hall–Kier alpha value is -0.860. The standard InChI is InChI=1S/C16H25NO/c1-11(2)7-14-10-18-16(9-17-14)15-8-12(3)5-6-13(15)4/h5-6,8,11,14,16-17H,7,9-10H2,1-4H3. The zero-order valence-corrected chi connectivity index (χ0v) is 12.0. The first-order chi connectivity index (χ1) is 8.56. The molecule has 1 aromatic carbocycles. The summed E-state index contributed by atoms with van der Waals surface area (Å²) in [5.41, 5.74) is 3.98. The molecular formula is C16H25NO. The first kappa shape index (κ1) is 13.6. The van der Waals surface area contributed by atoms with Gasteiger partial charge in [0.2, 0.25) is 0 Å². The van der Waals surface area contributed by atoms with Crippen molar-refractivity contribution in [1.82, 2.24) is 5.32 Å². The summed E-state index contributed by atoms with van der Waals surface area (Å²) in [6, 6.07) is 7.13. The SMILES string of the molecule is Cc1ccc(C)c(C2CNC(CC(C)C)CO2)c1. The highest BCUT2D eigenvalue weighted by atomic mass is 16.5. The Bertz CT molecular complexity index is 392. The van der Waals surface area contributed by atoms with E-state index in [2.05, 4.69) is 51.2 Å². The molecule has 2 atom stereocenters. The smallest absolute Gasteiger partial charge is 0.0952 e. The molecule has 0 radical (unpaired) electrons. The second kappa shape index (κ2) is 5.85. The van der Waals surface area contributed by atoms with Gasteiger partial charge < -0.3 is 10.1 Å². The fourth-order valence-electron chi connectivity index (χ4n) is 2.65. The van der Waals surface area contributed by atoms with Gasteiger partial charge in [-0.05, 0) is 37.3 Å². The first-order valence-corrected chi connectivity index (χ1v) is 6.98. The van der Waals surface area contributed by atoms with E-state index in [4.69, 9.17) is 4.74 Å². The van der Waals surface area contributed by atoms with E-state index in [1.54, 1.807) is 0 Å². The molecule has 1 N–H and O–H groups in total. The second-order valence-electron chi connectivity index (χ2n) is 5.92. The van der Waals surface area contributed by atoms with E-state index in [9.17, 15) is 0 Å². The fourth-order valence-corrected chi connectivity index (χ4v) is 2.65. The highest BCUT2D eigenvalue weighted by molar-refractivity contribution is 5.32. The molecule has 1 fully saturated rings. The topological polar surface area (TPSA) is 21.3 Å². The van der Waals surface area contributed by atoms with Crippen molar-refractivity contribution in [1.29, 1.82) is 0 Å². The number of aryl methyl sites for hydroxylation is 2. The van der Waals surface area contributed by atoms with Crippen LogP contribution in [0.3, 0.4) is 0 Å². The summed E-state index contributed by atoms with van der Waals surface area (Å²) in [6.45, 7) is 10.6. The van der Waals surface area contributed by atoms with Crippen LogP contribution >= 0.6 is 0 Å². The van der Waals surface area contributed by atoms with E-state index < -0.39 is 0 Å². The van der Waals surface area contributed by atoms with E-state index in [1.807, 2.05) is 0 Å². The predicted octanol–water partition coefficient (Wildman–Crippen LogP) is 3.38. The lowest BCUT2D eigenvalue weighted by molar-refractivity contribution is -0.00165. The Balaban J connectivity index is 1.99. The molecule has 0 aliphatic carbocycles. The van der Waals surface area contributed by atoms with Crippen molar-refractivity contribution >= 4 is 0 Å². The Labute approximate surface area is 111 Å². The van der Waals surface area contributed by atoms with Gasteiger partial charge in [0.1, 0.15) is 0 Å². The Morgan fingerprint density at radius 2 is 2.11 bits per heavy atom. The van der Waals surface area contributed by atoms with Crippen LogP contribution in [-0.2, 0) is 4.74 Å². The molecule has 0 aromatic heterocycles. The van der Waals surface area contributed by atoms with Crippen molar-refractivity contribution in [2.24, 2.45) is 5.92 Å². The van der Waals surface area contributed by atoms with Gasteiger partial charge in [0.15, 0.2) is 0 Å². The molecular weight excluding hydrogens is 222 g/mol. The molecule has 0 bridgehead atoms. The number of hydrogen-bond acceptors (Lipinski definition) is 2. The summed E-state index contributed by atoms with van der Waals surface area (Å²) in [6.07, 6.45) is 1.41. The summed E-state index contributed by atoms with van der Waals surface area (Å²) in [7, 11) is 0. The van der Waals surface area contributed by atoms with Gasteiger partial charge in [-0.15, -0.1) is 0 Å². The fraction of sp³-hybridized carbons (Fsp3) is 0.625. The van der Waals surface area contributed by atoms with Crippen molar-refractivity contribution in [2.45, 2.75) is 46.3 Å². The van der Waals surface area contributed by atoms with Crippen molar-refractivity contribution in [3.63, 3.8) is 0 Å². The van der Waals surface area contributed by atoms with Crippen LogP contribution in [0.15, 0.2) is 18.2 Å². The van der Waals surface area contributed by atoms with Crippen molar-refractivity contribution in [3.8, 4) is 0 Å². The molecule has 1 saturated heterocycles. The third kappa shape index (κ3) is 3.33. The second-order valence-corrected chi connectivity index (χ2v) is 5.92. The largest absolute Gasteiger partial charge is 0.371 e. The monoisotopic (exact) mass is 247 g/mol. The highest BCUT2D eigenvalue weighted by Gasteiger charge is 2.23. The summed E-state index contributed by atoms with van der Waals surface area (Å²) in [4.78, 5) is 0. The van der Waals surface area contributed by atoms with Crippen LogP contribution in [0.4, 0.5) is 0 Å². The van der Waals surface area contributed by atoms with Gasteiger partial charge in [-0.3, -0.25) is 0 Å². The maximum absolute atomic E-state index is 6.05. The Morgan fingerprint density at radius 3 is 2.72 bits per heavy atom. The van der Waals surface area contributed by atoms with Gasteiger partial charge in [0.25, 0.3) is 0 Å². The quantitative estimate of drug-likeness (QED) is 0.884. The maximum atomic E-state index is 6.05. The summed E-state index contributed by atoms with van der Waals surface area (Å²) in [5, 5.41) is 3.62. The molecule has 2 rings (SSSR count). The summed E-state index contributed by atoms with van der Waals surface area (Å²) in [5.74, 6) is 0.725. The molecule has 2 unspecified atom stereocenters. The maximum Gasteiger partial charge on any atom is 0.0952 e. The normalized spacial score (nSPS) is 24.5. The highest BCUT2D eigenvalue weighted by Crippen LogP contribution is 2.25. The molecule has 0 saturated carbocycles. The molecule has 1 aliphatic rings. The molecule has 2 nitrogen and oxygen atoms in total. The van der Waals surface area contributed by atoms with E-state index in [0.717, 1.165) is 19.1 Å². The van der Waals surface area contributed by atoms with E-state index in [1.165, 1.54) is 23.1 Å². The minimum atomic E-state index is 0.216. The van der Waals surface area contributed by atoms with Gasteiger partial charge in [0.05, 0.1) is 12.7 Å². The number of benzene rings is 1. The summed E-state index contributed by atoms with van der Waals surface area (Å²) >= 11 is 0. The van der Waals surface area contributed by atoms with Gasteiger partial charge >= 0.3 is 0 Å². The van der Waals surface area contributed by atoms with E-state index >= 15 is 0 Å². The number of hydrogen-bond donors (Lipinski definition) is 1. The van der Waals surface area contributed by atoms with Gasteiger partial charge in [-0.1, -0.05) is 37.6 Å². The van der Waals surface area contributed by atoms with Crippen molar-refractivity contribution in [2.75, 3.05) is 13.2 Å². The zero-order chi connectivity index (χ0) is 13.1. The average molecular weight is 247 g/mol. The first-order valence-electron chi connectivity index (χ1n) is 6.98. The van der Waals surface area contributed by atoms with Crippen molar-refractivity contribution < 1.29 is 4.74 Å². The van der Waals surface area contributed by atoms with Crippen LogP contribution in [0.25, 0.3) is 0 Å². The summed E-state index contributed by atoms with van der Waals surface area (Å²) < 4.78 is 6.05. The third-order valence-corrected chi connectivity index (χ3v) is 3.63. The van der Waals surface area contributed by atoms with Crippen LogP contribution in [-0.4, -0.2) is 19.2 Å². The van der Waals surface area contributed by atoms with Gasteiger partial charge in [0, 0.05) is 12.6 Å². The Morgan fingerprint density at radius 1 is 1.33 bits per heavy atom. The lowest BCUT2D eigenvalue weighted by Crippen LogP contribution is -2.43. The van der Waals surface area contributed by atoms with Crippen LogP contribution in [0.2, 0.25) is 0 Å². The third-order valence-electron chi connectivity index (χ3n) is 3.63. The minimum Gasteiger partial charge on any atom is -0.371 e. The molecule has 18 heavy (non-hydrogen) atoms. The lowest BCUT2D eigenvalue weighted by atomic mass is 9.98. The van der Waals surface area contributed by atoms with Crippen LogP contribution in [0.5, 0.6) is 0 Å². The van der Waals surface area contributed by atoms with E-state index in [-0.39, 0.29) is 6.10 Å². The molecule has 0 amide bonds. The Kier molecular flexibility index (Phi) is 4.41. The van der Waals surface area contributed by atoms with E-state index in [0.29, 0.717) is 6.04 Å². The zero-order valence-electron chi connectivity index (χ0n) is 12.0. The van der Waals surface area contributed by atoms with Gasteiger partial charge in [-0.2, -0.15) is 0 Å². The average Bonchev–Trinajstić information content (AvgIpc) is 2.33. The molecule has 1 heterocycles. The number of ether oxygens (including phenoxy) is 1. The van der Waals surface area contributed by atoms with Crippen LogP contribution in [0.1, 0.15) is 43.1 Å². The van der Waals surface area contributed by atoms with Gasteiger partial charge in [-0.25, -0.2) is 0 Å². The number of nitrogens with one attached hydrogen (secondary N) is 1. The minimum absolute atomic E-state index is 0.216. The number of rotatable bonds is 3. The number of morpholine rings is 1. The van der Waals surface area contributed by atoms with Crippen LogP contribution in [0, 0.1) is 19.8 Å². The predicted molar refractivity (Wildman–Crippen MR) is 75.9 cm³/mol.